The Morgan fingerprint density at radius 3 is 2.62 bits per heavy atom. The monoisotopic (exact) mass is 350 g/mol. The fraction of sp³-hybridized carbons (Fsp3) is 0.100. The predicted molar refractivity (Wildman–Crippen MR) is 95.0 cm³/mol. The number of anilines is 1. The quantitative estimate of drug-likeness (QED) is 0.778. The van der Waals surface area contributed by atoms with Crippen molar-refractivity contribution >= 4 is 11.6 Å². The Hall–Kier alpha value is -3.41. The van der Waals surface area contributed by atoms with Gasteiger partial charge in [-0.05, 0) is 36.4 Å². The van der Waals surface area contributed by atoms with Gasteiger partial charge >= 0.3 is 0 Å². The van der Waals surface area contributed by atoms with Crippen LogP contribution < -0.4 is 14.8 Å². The van der Waals surface area contributed by atoms with Crippen LogP contribution in [-0.2, 0) is 0 Å². The molecule has 1 N–H and O–H groups in total. The summed E-state index contributed by atoms with van der Waals surface area (Å²) in [5.41, 5.74) is 2.26. The van der Waals surface area contributed by atoms with Crippen molar-refractivity contribution in [3.05, 3.63) is 72.2 Å². The van der Waals surface area contributed by atoms with E-state index < -0.39 is 0 Å². The van der Waals surface area contributed by atoms with Crippen LogP contribution in [0.4, 0.5) is 10.1 Å². The van der Waals surface area contributed by atoms with Crippen LogP contribution >= 0.6 is 0 Å². The van der Waals surface area contributed by atoms with Crippen molar-refractivity contribution in [2.75, 3.05) is 18.5 Å². The molecule has 5 nitrogen and oxygen atoms in total. The van der Waals surface area contributed by atoms with E-state index in [9.17, 15) is 9.18 Å². The zero-order valence-electron chi connectivity index (χ0n) is 13.7. The van der Waals surface area contributed by atoms with Gasteiger partial charge in [-0.2, -0.15) is 0 Å². The number of aromatic nitrogens is 1. The molecule has 0 fully saturated rings. The lowest BCUT2D eigenvalue weighted by molar-refractivity contribution is 0.102. The third-order valence-corrected chi connectivity index (χ3v) is 3.95. The molecule has 1 aliphatic rings. The molecule has 2 heterocycles. The summed E-state index contributed by atoms with van der Waals surface area (Å²) in [5.74, 6) is 0.647. The number of nitrogens with one attached hydrogen (secondary N) is 1. The summed E-state index contributed by atoms with van der Waals surface area (Å²) < 4.78 is 24.3. The molecule has 0 atom stereocenters. The van der Waals surface area contributed by atoms with E-state index >= 15 is 0 Å². The van der Waals surface area contributed by atoms with Crippen LogP contribution in [0.5, 0.6) is 11.5 Å². The van der Waals surface area contributed by atoms with Crippen molar-refractivity contribution in [3.63, 3.8) is 0 Å². The lowest BCUT2D eigenvalue weighted by Crippen LogP contribution is -2.16. The molecule has 0 saturated heterocycles. The van der Waals surface area contributed by atoms with Gasteiger partial charge in [-0.25, -0.2) is 4.39 Å². The average Bonchev–Trinajstić information content (AvgIpc) is 2.68. The van der Waals surface area contributed by atoms with Crippen LogP contribution in [0, 0.1) is 5.82 Å². The molecule has 26 heavy (non-hydrogen) atoms. The lowest BCUT2D eigenvalue weighted by atomic mass is 10.1. The molecular weight excluding hydrogens is 335 g/mol. The average molecular weight is 350 g/mol. The Balaban J connectivity index is 1.50. The molecule has 0 bridgehead atoms. The highest BCUT2D eigenvalue weighted by atomic mass is 19.1. The summed E-state index contributed by atoms with van der Waals surface area (Å²) in [7, 11) is 0. The van der Waals surface area contributed by atoms with Crippen molar-refractivity contribution < 1.29 is 18.7 Å². The van der Waals surface area contributed by atoms with Crippen LogP contribution in [-0.4, -0.2) is 24.1 Å². The summed E-state index contributed by atoms with van der Waals surface area (Å²) in [5, 5.41) is 2.80. The van der Waals surface area contributed by atoms with Gasteiger partial charge in [-0.15, -0.1) is 0 Å². The van der Waals surface area contributed by atoms with E-state index in [1.54, 1.807) is 42.5 Å². The standard InChI is InChI=1S/C20H15FN2O3/c21-15-3-1-2-13(10-15)17-6-4-14(12-22-17)20(24)23-16-5-7-18-19(11-16)26-9-8-25-18/h1-7,10-12H,8-9H2,(H,23,24). The fourth-order valence-electron chi connectivity index (χ4n) is 2.67. The highest BCUT2D eigenvalue weighted by Gasteiger charge is 2.14. The van der Waals surface area contributed by atoms with Gasteiger partial charge in [0.1, 0.15) is 19.0 Å². The van der Waals surface area contributed by atoms with Crippen molar-refractivity contribution in [1.82, 2.24) is 4.98 Å². The van der Waals surface area contributed by atoms with E-state index in [1.807, 2.05) is 0 Å². The van der Waals surface area contributed by atoms with Gasteiger partial charge in [0, 0.05) is 23.5 Å². The molecule has 0 saturated carbocycles. The van der Waals surface area contributed by atoms with E-state index in [0.717, 1.165) is 0 Å². The van der Waals surface area contributed by atoms with Crippen LogP contribution in [0.25, 0.3) is 11.3 Å². The number of rotatable bonds is 3. The number of amides is 1. The number of carbonyl (C=O) groups is 1. The van der Waals surface area contributed by atoms with E-state index in [1.165, 1.54) is 18.3 Å². The molecule has 130 valence electrons. The molecule has 1 aliphatic heterocycles. The fourth-order valence-corrected chi connectivity index (χ4v) is 2.67. The normalized spacial score (nSPS) is 12.5. The molecule has 0 spiro atoms. The highest BCUT2D eigenvalue weighted by Crippen LogP contribution is 2.32. The van der Waals surface area contributed by atoms with Crippen LogP contribution in [0.3, 0.4) is 0 Å². The Morgan fingerprint density at radius 1 is 1.00 bits per heavy atom. The number of nitrogens with zero attached hydrogens (tertiary/aromatic N) is 1. The zero-order chi connectivity index (χ0) is 17.9. The molecule has 4 rings (SSSR count). The first kappa shape index (κ1) is 16.1. The van der Waals surface area contributed by atoms with Gasteiger partial charge < -0.3 is 14.8 Å². The zero-order valence-corrected chi connectivity index (χ0v) is 13.7. The SMILES string of the molecule is O=C(Nc1ccc2c(c1)OCCO2)c1ccc(-c2cccc(F)c2)nc1. The highest BCUT2D eigenvalue weighted by molar-refractivity contribution is 6.04. The summed E-state index contributed by atoms with van der Waals surface area (Å²) in [6.07, 6.45) is 1.47. The van der Waals surface area contributed by atoms with Crippen LogP contribution in [0.1, 0.15) is 10.4 Å². The second-order valence-electron chi connectivity index (χ2n) is 5.76. The van der Waals surface area contributed by atoms with Crippen LogP contribution in [0.2, 0.25) is 0 Å². The van der Waals surface area contributed by atoms with Crippen molar-refractivity contribution in [2.24, 2.45) is 0 Å². The Labute approximate surface area is 149 Å². The smallest absolute Gasteiger partial charge is 0.257 e. The summed E-state index contributed by atoms with van der Waals surface area (Å²) in [4.78, 5) is 16.7. The van der Waals surface area contributed by atoms with Gasteiger partial charge in [-0.3, -0.25) is 9.78 Å². The molecule has 1 aromatic heterocycles. The maximum atomic E-state index is 13.3. The molecular formula is C20H15FN2O3. The minimum atomic E-state index is -0.329. The number of ether oxygens (including phenoxy) is 2. The topological polar surface area (TPSA) is 60.5 Å². The largest absolute Gasteiger partial charge is 0.486 e. The molecule has 1 amide bonds. The Morgan fingerprint density at radius 2 is 1.85 bits per heavy atom. The van der Waals surface area contributed by atoms with E-state index in [4.69, 9.17) is 9.47 Å². The summed E-state index contributed by atoms with van der Waals surface area (Å²) in [6.45, 7) is 0.998. The minimum absolute atomic E-state index is 0.292. The van der Waals surface area contributed by atoms with Crippen molar-refractivity contribution in [2.45, 2.75) is 0 Å². The number of benzene rings is 2. The molecule has 3 aromatic rings. The van der Waals surface area contributed by atoms with Gasteiger partial charge in [0.15, 0.2) is 11.5 Å². The number of hydrogen-bond donors (Lipinski definition) is 1. The van der Waals surface area contributed by atoms with Gasteiger partial charge in [0.25, 0.3) is 5.91 Å². The van der Waals surface area contributed by atoms with E-state index in [0.29, 0.717) is 47.2 Å². The maximum Gasteiger partial charge on any atom is 0.257 e. The second-order valence-corrected chi connectivity index (χ2v) is 5.76. The number of fused-ring (bicyclic) bond motifs is 1. The third-order valence-electron chi connectivity index (χ3n) is 3.95. The van der Waals surface area contributed by atoms with Gasteiger partial charge in [-0.1, -0.05) is 12.1 Å². The third kappa shape index (κ3) is 3.35. The van der Waals surface area contributed by atoms with Gasteiger partial charge in [0.05, 0.1) is 11.3 Å². The minimum Gasteiger partial charge on any atom is -0.486 e. The van der Waals surface area contributed by atoms with E-state index in [-0.39, 0.29) is 11.7 Å². The van der Waals surface area contributed by atoms with Gasteiger partial charge in [0.2, 0.25) is 0 Å². The molecule has 2 aromatic carbocycles. The molecule has 0 unspecified atom stereocenters. The first-order valence-corrected chi connectivity index (χ1v) is 8.12. The second kappa shape index (κ2) is 6.84. The lowest BCUT2D eigenvalue weighted by Gasteiger charge is -2.19. The number of hydrogen-bond acceptors (Lipinski definition) is 4. The first-order chi connectivity index (χ1) is 12.7. The first-order valence-electron chi connectivity index (χ1n) is 8.12. The number of halogens is 1. The molecule has 6 heteroatoms. The van der Waals surface area contributed by atoms with Crippen LogP contribution in [0.15, 0.2) is 60.8 Å². The summed E-state index contributed by atoms with van der Waals surface area (Å²) in [6, 6.07) is 14.7. The van der Waals surface area contributed by atoms with E-state index in [2.05, 4.69) is 10.3 Å². The molecule has 0 aliphatic carbocycles. The number of pyridine rings is 1. The maximum absolute atomic E-state index is 13.3. The summed E-state index contributed by atoms with van der Waals surface area (Å²) >= 11 is 0. The Bertz CT molecular complexity index is 958. The van der Waals surface area contributed by atoms with Crippen molar-refractivity contribution in [3.8, 4) is 22.8 Å². The molecule has 0 radical (unpaired) electrons. The van der Waals surface area contributed by atoms with Crippen molar-refractivity contribution in [1.29, 1.82) is 0 Å². The number of carbonyl (C=O) groups excluding carboxylic acids is 1. The predicted octanol–water partition coefficient (Wildman–Crippen LogP) is 3.91. The Kier molecular flexibility index (Phi) is 4.23.